The minimum absolute atomic E-state index is 0.0323. The number of hydrogen-bond donors (Lipinski definition) is 2. The van der Waals surface area contributed by atoms with Gasteiger partial charge in [-0.1, -0.05) is 74.3 Å². The maximum Gasteiger partial charge on any atom is 0.255 e. The Morgan fingerprint density at radius 2 is 1.73 bits per heavy atom. The van der Waals surface area contributed by atoms with Gasteiger partial charge >= 0.3 is 0 Å². The molecule has 1 amide bonds. The number of nitrogens with zero attached hydrogens (tertiary/aromatic N) is 1. The lowest BCUT2D eigenvalue weighted by Crippen LogP contribution is -2.13. The molecule has 0 saturated heterocycles. The van der Waals surface area contributed by atoms with E-state index < -0.39 is 23.4 Å². The SMILES string of the molecule is CC(CSc1cc(C(=O)Nc2cc(F)c(F)c(F)c2)ccc1Cl)c1cc(-c2ccccc2)on1.CCC(C)CO. The van der Waals surface area contributed by atoms with Gasteiger partial charge in [0.2, 0.25) is 0 Å². The Morgan fingerprint density at radius 1 is 1.05 bits per heavy atom. The lowest BCUT2D eigenvalue weighted by atomic mass is 10.1. The normalized spacial score (nSPS) is 12.3. The number of benzene rings is 3. The first-order valence-electron chi connectivity index (χ1n) is 12.6. The second-order valence-electron chi connectivity index (χ2n) is 9.24. The number of amides is 1. The molecule has 1 heterocycles. The van der Waals surface area contributed by atoms with E-state index in [9.17, 15) is 18.0 Å². The zero-order chi connectivity index (χ0) is 29.2. The van der Waals surface area contributed by atoms with Gasteiger partial charge in [-0.05, 0) is 24.1 Å². The number of carbonyl (C=O) groups excluding carboxylic acids is 1. The predicted molar refractivity (Wildman–Crippen MR) is 153 cm³/mol. The van der Waals surface area contributed by atoms with Gasteiger partial charge in [0.05, 0.1) is 10.7 Å². The Kier molecular flexibility index (Phi) is 11.7. The van der Waals surface area contributed by atoms with Crippen LogP contribution < -0.4 is 5.32 Å². The van der Waals surface area contributed by atoms with Crippen LogP contribution in [0.2, 0.25) is 5.02 Å². The Morgan fingerprint density at radius 3 is 2.33 bits per heavy atom. The molecular weight excluding hydrogens is 561 g/mol. The summed E-state index contributed by atoms with van der Waals surface area (Å²) in [5.41, 5.74) is 1.76. The van der Waals surface area contributed by atoms with Crippen LogP contribution in [0.25, 0.3) is 11.3 Å². The molecule has 0 aliphatic rings. The molecule has 1 aromatic heterocycles. The quantitative estimate of drug-likeness (QED) is 0.151. The van der Waals surface area contributed by atoms with Gasteiger partial charge in [-0.15, -0.1) is 11.8 Å². The monoisotopic (exact) mass is 590 g/mol. The van der Waals surface area contributed by atoms with Crippen LogP contribution in [-0.4, -0.2) is 28.5 Å². The van der Waals surface area contributed by atoms with E-state index in [1.807, 2.05) is 50.2 Å². The molecule has 2 N–H and O–H groups in total. The lowest BCUT2D eigenvalue weighted by molar-refractivity contribution is 0.102. The standard InChI is InChI=1S/C25H18ClF3N2O2S.C5H12O/c1-14(21-12-22(33-31-21)15-5-3-2-4-6-15)13-34-23-9-16(7-8-18(23)26)25(32)30-17-10-19(27)24(29)20(28)11-17;1-3-5(2)4-6/h2-12,14H,13H2,1H3,(H,30,32);5-6H,3-4H2,1-2H3. The summed E-state index contributed by atoms with van der Waals surface area (Å²) in [6, 6.07) is 17.6. The summed E-state index contributed by atoms with van der Waals surface area (Å²) in [7, 11) is 0. The smallest absolute Gasteiger partial charge is 0.255 e. The highest BCUT2D eigenvalue weighted by molar-refractivity contribution is 7.99. The van der Waals surface area contributed by atoms with Crippen molar-refractivity contribution in [3.63, 3.8) is 0 Å². The highest BCUT2D eigenvalue weighted by Crippen LogP contribution is 2.33. The summed E-state index contributed by atoms with van der Waals surface area (Å²) < 4.78 is 45.5. The van der Waals surface area contributed by atoms with Gasteiger partial charge in [-0.2, -0.15) is 0 Å². The van der Waals surface area contributed by atoms with Crippen LogP contribution >= 0.6 is 23.4 Å². The predicted octanol–water partition coefficient (Wildman–Crippen LogP) is 8.59. The van der Waals surface area contributed by atoms with E-state index in [1.165, 1.54) is 17.8 Å². The number of carbonyl (C=O) groups is 1. The fraction of sp³-hybridized carbons (Fsp3) is 0.267. The molecule has 40 heavy (non-hydrogen) atoms. The van der Waals surface area contributed by atoms with Gasteiger partial charge in [-0.25, -0.2) is 13.2 Å². The van der Waals surface area contributed by atoms with E-state index in [0.29, 0.717) is 46.1 Å². The van der Waals surface area contributed by atoms with Gasteiger partial charge in [0.1, 0.15) is 0 Å². The summed E-state index contributed by atoms with van der Waals surface area (Å²) in [4.78, 5) is 13.2. The van der Waals surface area contributed by atoms with Crippen molar-refractivity contribution in [3.8, 4) is 11.3 Å². The van der Waals surface area contributed by atoms with Crippen LogP contribution in [0.5, 0.6) is 0 Å². The van der Waals surface area contributed by atoms with E-state index in [0.717, 1.165) is 17.7 Å². The maximum absolute atomic E-state index is 13.4. The number of aromatic nitrogens is 1. The Bertz CT molecular complexity index is 1390. The third kappa shape index (κ3) is 8.61. The van der Waals surface area contributed by atoms with Crippen LogP contribution in [0.4, 0.5) is 18.9 Å². The summed E-state index contributed by atoms with van der Waals surface area (Å²) in [6.07, 6.45) is 1.08. The van der Waals surface area contributed by atoms with Gasteiger partial charge in [0.25, 0.3) is 5.91 Å². The van der Waals surface area contributed by atoms with Crippen molar-refractivity contribution in [2.24, 2.45) is 5.92 Å². The van der Waals surface area contributed by atoms with Crippen molar-refractivity contribution in [1.29, 1.82) is 0 Å². The largest absolute Gasteiger partial charge is 0.396 e. The van der Waals surface area contributed by atoms with Crippen molar-refractivity contribution in [2.45, 2.75) is 38.0 Å². The van der Waals surface area contributed by atoms with Gasteiger partial charge in [0, 0.05) is 58.2 Å². The van der Waals surface area contributed by atoms with Crippen molar-refractivity contribution < 1.29 is 27.6 Å². The van der Waals surface area contributed by atoms with Crippen LogP contribution in [0, 0.1) is 23.4 Å². The van der Waals surface area contributed by atoms with E-state index in [2.05, 4.69) is 17.4 Å². The molecule has 4 aromatic rings. The molecule has 0 saturated carbocycles. The number of hydrogen-bond acceptors (Lipinski definition) is 5. The Balaban J connectivity index is 0.000000663. The van der Waals surface area contributed by atoms with E-state index in [-0.39, 0.29) is 17.2 Å². The second-order valence-corrected chi connectivity index (χ2v) is 10.7. The topological polar surface area (TPSA) is 75.4 Å². The summed E-state index contributed by atoms with van der Waals surface area (Å²) in [5.74, 6) is -3.17. The Hall–Kier alpha value is -3.27. The zero-order valence-electron chi connectivity index (χ0n) is 22.3. The minimum atomic E-state index is -1.60. The molecule has 3 aromatic carbocycles. The summed E-state index contributed by atoms with van der Waals surface area (Å²) in [6.45, 7) is 6.43. The van der Waals surface area contributed by atoms with E-state index in [4.69, 9.17) is 21.2 Å². The number of anilines is 1. The van der Waals surface area contributed by atoms with Crippen molar-refractivity contribution in [1.82, 2.24) is 5.16 Å². The minimum Gasteiger partial charge on any atom is -0.396 e. The number of halogens is 4. The van der Waals surface area contributed by atoms with Crippen molar-refractivity contribution >= 4 is 35.0 Å². The first kappa shape index (κ1) is 31.3. The molecule has 2 atom stereocenters. The van der Waals surface area contributed by atoms with Crippen LogP contribution in [0.1, 0.15) is 49.2 Å². The first-order valence-corrected chi connectivity index (χ1v) is 14.0. The number of aliphatic hydroxyl groups excluding tert-OH is 1. The summed E-state index contributed by atoms with van der Waals surface area (Å²) in [5, 5.41) is 15.3. The molecule has 0 aliphatic heterocycles. The zero-order valence-corrected chi connectivity index (χ0v) is 23.8. The average molecular weight is 591 g/mol. The van der Waals surface area contributed by atoms with Crippen LogP contribution in [-0.2, 0) is 0 Å². The third-order valence-electron chi connectivity index (χ3n) is 6.02. The second kappa shape index (κ2) is 14.9. The molecule has 0 fully saturated rings. The molecule has 212 valence electrons. The molecule has 0 bridgehead atoms. The fourth-order valence-electron chi connectivity index (χ4n) is 3.28. The molecular formula is C30H30ClF3N2O3S. The van der Waals surface area contributed by atoms with Crippen LogP contribution in [0.15, 0.2) is 76.1 Å². The first-order chi connectivity index (χ1) is 19.1. The lowest BCUT2D eigenvalue weighted by Gasteiger charge is -2.11. The molecule has 0 radical (unpaired) electrons. The van der Waals surface area contributed by atoms with Gasteiger partial charge in [-0.3, -0.25) is 4.79 Å². The highest BCUT2D eigenvalue weighted by atomic mass is 35.5. The number of thioether (sulfide) groups is 1. The average Bonchev–Trinajstić information content (AvgIpc) is 3.46. The summed E-state index contributed by atoms with van der Waals surface area (Å²) >= 11 is 7.74. The molecule has 4 rings (SSSR count). The number of nitrogens with one attached hydrogen (secondary N) is 1. The van der Waals surface area contributed by atoms with E-state index >= 15 is 0 Å². The highest BCUT2D eigenvalue weighted by Gasteiger charge is 2.17. The molecule has 2 unspecified atom stereocenters. The maximum atomic E-state index is 13.4. The fourth-order valence-corrected chi connectivity index (χ4v) is 4.57. The van der Waals surface area contributed by atoms with Gasteiger partial charge in [0.15, 0.2) is 23.2 Å². The third-order valence-corrected chi connectivity index (χ3v) is 7.78. The van der Waals surface area contributed by atoms with Crippen LogP contribution in [0.3, 0.4) is 0 Å². The van der Waals surface area contributed by atoms with Crippen molar-refractivity contribution in [3.05, 3.63) is 100 Å². The van der Waals surface area contributed by atoms with Gasteiger partial charge < -0.3 is 14.9 Å². The Labute approximate surface area is 240 Å². The van der Waals surface area contributed by atoms with Crippen molar-refractivity contribution in [2.75, 3.05) is 17.7 Å². The molecule has 5 nitrogen and oxygen atoms in total. The molecule has 0 spiro atoms. The number of rotatable bonds is 9. The van der Waals surface area contributed by atoms with E-state index in [1.54, 1.807) is 12.1 Å². The molecule has 10 heteroatoms. The molecule has 0 aliphatic carbocycles. The number of aliphatic hydroxyl groups is 1.